The van der Waals surface area contributed by atoms with Gasteiger partial charge in [-0.1, -0.05) is 67.9 Å². The van der Waals surface area contributed by atoms with Crippen molar-refractivity contribution in [1.82, 2.24) is 5.43 Å². The largest absolute Gasteiger partial charge is 0.497 e. The van der Waals surface area contributed by atoms with E-state index >= 15 is 0 Å². The van der Waals surface area contributed by atoms with Gasteiger partial charge in [-0.15, -0.1) is 11.8 Å². The molecule has 3 rings (SSSR count). The summed E-state index contributed by atoms with van der Waals surface area (Å²) in [5.74, 6) is 0.846. The Morgan fingerprint density at radius 1 is 0.969 bits per heavy atom. The van der Waals surface area contributed by atoms with Gasteiger partial charge in [0.1, 0.15) is 5.75 Å². The van der Waals surface area contributed by atoms with Crippen molar-refractivity contribution in [1.29, 1.82) is 0 Å². The van der Waals surface area contributed by atoms with E-state index in [1.807, 2.05) is 69.5 Å². The molecule has 32 heavy (non-hydrogen) atoms. The normalized spacial score (nSPS) is 11.4. The van der Waals surface area contributed by atoms with Crippen LogP contribution in [0.5, 0.6) is 5.75 Å². The van der Waals surface area contributed by atoms with Crippen LogP contribution in [0, 0.1) is 6.92 Å². The van der Waals surface area contributed by atoms with Crippen LogP contribution in [0.25, 0.3) is 0 Å². The Morgan fingerprint density at radius 3 is 2.28 bits per heavy atom. The summed E-state index contributed by atoms with van der Waals surface area (Å²) in [5, 5.41) is 5.81. The van der Waals surface area contributed by atoms with E-state index in [4.69, 9.17) is 14.8 Å². The topological polar surface area (TPSA) is 46.0 Å². The minimum atomic E-state index is 0.620. The van der Waals surface area contributed by atoms with Crippen LogP contribution in [0.15, 0.2) is 82.9 Å². The van der Waals surface area contributed by atoms with Crippen LogP contribution in [0.3, 0.4) is 0 Å². The van der Waals surface area contributed by atoms with Gasteiger partial charge in [-0.25, -0.2) is 4.99 Å². The van der Waals surface area contributed by atoms with Gasteiger partial charge in [-0.2, -0.15) is 5.10 Å². The van der Waals surface area contributed by atoms with Crippen molar-refractivity contribution in [3.63, 3.8) is 0 Å². The molecule has 3 aromatic rings. The van der Waals surface area contributed by atoms with E-state index in [0.717, 1.165) is 38.9 Å². The van der Waals surface area contributed by atoms with Gasteiger partial charge in [0.15, 0.2) is 0 Å². The van der Waals surface area contributed by atoms with Crippen molar-refractivity contribution in [3.05, 3.63) is 95.1 Å². The fourth-order valence-corrected chi connectivity index (χ4v) is 3.17. The van der Waals surface area contributed by atoms with Gasteiger partial charge in [0.25, 0.3) is 0 Å². The average molecular weight is 448 g/mol. The maximum absolute atomic E-state index is 5.23. The lowest BCUT2D eigenvalue weighted by molar-refractivity contribution is 0.414. The molecule has 0 saturated carbocycles. The highest BCUT2D eigenvalue weighted by molar-refractivity contribution is 8.13. The lowest BCUT2D eigenvalue weighted by Gasteiger charge is -2.13. The zero-order valence-electron chi connectivity index (χ0n) is 19.8. The number of hydrogen-bond acceptors (Lipinski definition) is 5. The number of benzene rings is 3. The number of hydrogen-bond donors (Lipinski definition) is 1. The van der Waals surface area contributed by atoms with E-state index in [1.54, 1.807) is 18.9 Å². The fourth-order valence-electron chi connectivity index (χ4n) is 2.98. The molecule has 0 atom stereocenters. The zero-order chi connectivity index (χ0) is 23.3. The number of hydrazone groups is 1. The fraction of sp³-hybridized carbons (Fsp3) is 0.259. The van der Waals surface area contributed by atoms with E-state index in [9.17, 15) is 0 Å². The first kappa shape index (κ1) is 25.2. The molecule has 3 aromatic carbocycles. The van der Waals surface area contributed by atoms with Crippen molar-refractivity contribution >= 4 is 28.2 Å². The summed E-state index contributed by atoms with van der Waals surface area (Å²) in [5.41, 5.74) is 9.40. The van der Waals surface area contributed by atoms with Crippen LogP contribution >= 0.6 is 11.8 Å². The number of methoxy groups -OCH3 is 1. The van der Waals surface area contributed by atoms with Gasteiger partial charge in [-0.3, -0.25) is 0 Å². The average Bonchev–Trinajstić information content (AvgIpc) is 2.85. The molecule has 0 saturated heterocycles. The molecule has 0 amide bonds. The molecule has 0 aromatic heterocycles. The summed E-state index contributed by atoms with van der Waals surface area (Å²) in [6, 6.07) is 24.5. The Morgan fingerprint density at radius 2 is 1.66 bits per heavy atom. The van der Waals surface area contributed by atoms with E-state index < -0.39 is 0 Å². The lowest BCUT2D eigenvalue weighted by Crippen LogP contribution is -2.13. The SMILES string of the molecule is CC.COc1ccc(CN/N=C(/c2ccccc2)c2cc(C)ccc2N=C(C)SC)cc1. The molecular formula is C27H33N3OS. The molecule has 0 unspecified atom stereocenters. The number of rotatable bonds is 7. The Balaban J connectivity index is 0.00000176. The maximum Gasteiger partial charge on any atom is 0.118 e. The molecule has 0 aliphatic rings. The first-order chi connectivity index (χ1) is 15.6. The summed E-state index contributed by atoms with van der Waals surface area (Å²) < 4.78 is 5.23. The summed E-state index contributed by atoms with van der Waals surface area (Å²) in [7, 11) is 1.67. The molecule has 0 aliphatic carbocycles. The van der Waals surface area contributed by atoms with Gasteiger partial charge in [0.05, 0.1) is 30.1 Å². The van der Waals surface area contributed by atoms with E-state index in [-0.39, 0.29) is 0 Å². The predicted molar refractivity (Wildman–Crippen MR) is 141 cm³/mol. The highest BCUT2D eigenvalue weighted by Crippen LogP contribution is 2.26. The molecule has 168 valence electrons. The molecule has 0 heterocycles. The van der Waals surface area contributed by atoms with Crippen molar-refractivity contribution in [2.75, 3.05) is 13.4 Å². The van der Waals surface area contributed by atoms with Crippen LogP contribution in [0.2, 0.25) is 0 Å². The van der Waals surface area contributed by atoms with Gasteiger partial charge in [-0.05, 0) is 49.9 Å². The van der Waals surface area contributed by atoms with Crippen LogP contribution in [-0.4, -0.2) is 24.1 Å². The lowest BCUT2D eigenvalue weighted by atomic mass is 9.99. The second-order valence-corrected chi connectivity index (χ2v) is 7.86. The third-order valence-electron chi connectivity index (χ3n) is 4.66. The number of nitrogens with zero attached hydrogens (tertiary/aromatic N) is 2. The number of ether oxygens (including phenoxy) is 1. The van der Waals surface area contributed by atoms with Gasteiger partial charge in [0.2, 0.25) is 0 Å². The summed E-state index contributed by atoms with van der Waals surface area (Å²) in [6.45, 7) is 8.73. The number of aryl methyl sites for hydroxylation is 1. The molecule has 0 fully saturated rings. The number of aliphatic imine (C=N–C) groups is 1. The predicted octanol–water partition coefficient (Wildman–Crippen LogP) is 6.98. The summed E-state index contributed by atoms with van der Waals surface area (Å²) >= 11 is 1.64. The van der Waals surface area contributed by atoms with Crippen molar-refractivity contribution in [2.45, 2.75) is 34.2 Å². The van der Waals surface area contributed by atoms with Crippen LogP contribution in [0.1, 0.15) is 43.0 Å². The van der Waals surface area contributed by atoms with Crippen LogP contribution < -0.4 is 10.2 Å². The Labute approximate surface area is 196 Å². The van der Waals surface area contributed by atoms with E-state index in [0.29, 0.717) is 6.54 Å². The standard InChI is InChI=1S/C25H27N3OS.C2H6/c1-18-10-15-24(27-19(2)30-4)23(16-18)25(21-8-6-5-7-9-21)28-26-17-20-11-13-22(29-3)14-12-20;1-2/h5-16,26H,17H2,1-4H3;1-2H3/b27-19?,28-25-;. The van der Waals surface area contributed by atoms with Crippen LogP contribution in [-0.2, 0) is 6.54 Å². The molecule has 1 N–H and O–H groups in total. The third kappa shape index (κ3) is 7.27. The van der Waals surface area contributed by atoms with Crippen molar-refractivity contribution < 1.29 is 4.74 Å². The van der Waals surface area contributed by atoms with Gasteiger partial charge < -0.3 is 10.2 Å². The highest BCUT2D eigenvalue weighted by Gasteiger charge is 2.13. The van der Waals surface area contributed by atoms with Crippen molar-refractivity contribution in [3.8, 4) is 5.75 Å². The Bertz CT molecular complexity index is 1030. The Kier molecular flexibility index (Phi) is 10.5. The zero-order valence-corrected chi connectivity index (χ0v) is 20.7. The Hall–Kier alpha value is -3.05. The van der Waals surface area contributed by atoms with Crippen LogP contribution in [0.4, 0.5) is 5.69 Å². The molecule has 0 radical (unpaired) electrons. The van der Waals surface area contributed by atoms with E-state index in [2.05, 4.69) is 42.7 Å². The molecule has 5 heteroatoms. The first-order valence-corrected chi connectivity index (χ1v) is 12.0. The highest BCUT2D eigenvalue weighted by atomic mass is 32.2. The second kappa shape index (κ2) is 13.4. The minimum absolute atomic E-state index is 0.620. The maximum atomic E-state index is 5.23. The molecule has 0 bridgehead atoms. The number of thioether (sulfide) groups is 1. The molecule has 0 spiro atoms. The van der Waals surface area contributed by atoms with E-state index in [1.165, 1.54) is 5.56 Å². The minimum Gasteiger partial charge on any atom is -0.497 e. The summed E-state index contributed by atoms with van der Waals surface area (Å²) in [6.07, 6.45) is 2.04. The third-order valence-corrected chi connectivity index (χ3v) is 5.34. The van der Waals surface area contributed by atoms with Crippen molar-refractivity contribution in [2.24, 2.45) is 10.1 Å². The first-order valence-electron chi connectivity index (χ1n) is 10.8. The smallest absolute Gasteiger partial charge is 0.118 e. The summed E-state index contributed by atoms with van der Waals surface area (Å²) in [4.78, 5) is 4.81. The monoisotopic (exact) mass is 447 g/mol. The van der Waals surface area contributed by atoms with Gasteiger partial charge in [0, 0.05) is 11.1 Å². The second-order valence-electron chi connectivity index (χ2n) is 6.86. The van der Waals surface area contributed by atoms with Gasteiger partial charge >= 0.3 is 0 Å². The molecule has 4 nitrogen and oxygen atoms in total. The number of nitrogens with one attached hydrogen (secondary N) is 1. The quantitative estimate of drug-likeness (QED) is 0.241. The molecule has 0 aliphatic heterocycles. The molecular weight excluding hydrogens is 414 g/mol.